The molecule has 1 saturated carbocycles. The van der Waals surface area contributed by atoms with Crippen molar-refractivity contribution in [2.45, 2.75) is 78.1 Å². The summed E-state index contributed by atoms with van der Waals surface area (Å²) in [5.74, 6) is 0. The summed E-state index contributed by atoms with van der Waals surface area (Å²) in [4.78, 5) is 1.65. The molecule has 1 rings (SSSR count). The summed E-state index contributed by atoms with van der Waals surface area (Å²) < 4.78 is 38.3. The first-order valence-corrected chi connectivity index (χ1v) is 8.00. The van der Waals surface area contributed by atoms with Gasteiger partial charge in [-0.05, 0) is 45.4 Å². The van der Waals surface area contributed by atoms with Crippen LogP contribution < -0.4 is 5.32 Å². The Hall–Kier alpha value is -0.290. The molecular weight excluding hydrogens is 277 g/mol. The third-order valence-corrected chi connectivity index (χ3v) is 3.93. The maximum atomic E-state index is 12.8. The highest BCUT2D eigenvalue weighted by atomic mass is 19.4. The molecule has 1 atom stereocenters. The highest BCUT2D eigenvalue weighted by Gasteiger charge is 2.41. The van der Waals surface area contributed by atoms with E-state index in [1.54, 1.807) is 4.90 Å². The first kappa shape index (κ1) is 18.8. The Labute approximate surface area is 127 Å². The van der Waals surface area contributed by atoms with Gasteiger partial charge in [-0.2, -0.15) is 13.2 Å². The number of alkyl halides is 3. The predicted octanol–water partition coefficient (Wildman–Crippen LogP) is 4.21. The summed E-state index contributed by atoms with van der Waals surface area (Å²) in [5.41, 5.74) is -0.126. The van der Waals surface area contributed by atoms with Crippen LogP contribution in [-0.4, -0.2) is 42.3 Å². The van der Waals surface area contributed by atoms with E-state index in [0.717, 1.165) is 32.2 Å². The van der Waals surface area contributed by atoms with Crippen LogP contribution in [0.5, 0.6) is 0 Å². The number of halogens is 3. The largest absolute Gasteiger partial charge is 0.401 e. The predicted molar refractivity (Wildman–Crippen MR) is 81.4 cm³/mol. The number of hydrogen-bond donors (Lipinski definition) is 1. The zero-order valence-electron chi connectivity index (χ0n) is 14.1. The molecule has 2 nitrogen and oxygen atoms in total. The molecule has 0 amide bonds. The third-order valence-electron chi connectivity index (χ3n) is 3.93. The van der Waals surface area contributed by atoms with Crippen molar-refractivity contribution < 1.29 is 13.2 Å². The van der Waals surface area contributed by atoms with E-state index in [4.69, 9.17) is 0 Å². The van der Waals surface area contributed by atoms with Crippen LogP contribution in [0.25, 0.3) is 0 Å². The van der Waals surface area contributed by atoms with E-state index in [0.29, 0.717) is 6.54 Å². The molecule has 0 saturated heterocycles. The third kappa shape index (κ3) is 8.05. The zero-order valence-corrected chi connectivity index (χ0v) is 14.1. The van der Waals surface area contributed by atoms with E-state index in [2.05, 4.69) is 39.9 Å². The summed E-state index contributed by atoms with van der Waals surface area (Å²) >= 11 is 0. The fourth-order valence-corrected chi connectivity index (χ4v) is 2.78. The summed E-state index contributed by atoms with van der Waals surface area (Å²) in [6, 6.07) is 0.137. The first-order chi connectivity index (χ1) is 9.44. The van der Waals surface area contributed by atoms with E-state index in [1.165, 1.54) is 0 Å². The minimum atomic E-state index is -4.10. The second-order valence-electron chi connectivity index (χ2n) is 7.92. The second-order valence-corrected chi connectivity index (χ2v) is 7.92. The SMILES string of the molecule is CCCC(C)(CNC(C)(C)C)CN(CC(F)(F)F)C1CC1. The molecule has 1 aliphatic carbocycles. The fourth-order valence-electron chi connectivity index (χ4n) is 2.78. The normalized spacial score (nSPS) is 19.9. The van der Waals surface area contributed by atoms with Crippen molar-refractivity contribution in [2.24, 2.45) is 5.41 Å². The molecule has 0 aliphatic heterocycles. The van der Waals surface area contributed by atoms with Gasteiger partial charge >= 0.3 is 6.18 Å². The lowest BCUT2D eigenvalue weighted by molar-refractivity contribution is -0.150. The quantitative estimate of drug-likeness (QED) is 0.722. The topological polar surface area (TPSA) is 15.3 Å². The average Bonchev–Trinajstić information content (AvgIpc) is 3.07. The Morgan fingerprint density at radius 2 is 1.62 bits per heavy atom. The van der Waals surface area contributed by atoms with Crippen molar-refractivity contribution in [3.8, 4) is 0 Å². The van der Waals surface area contributed by atoms with E-state index in [-0.39, 0.29) is 17.0 Å². The molecule has 1 aliphatic rings. The van der Waals surface area contributed by atoms with Crippen molar-refractivity contribution in [3.63, 3.8) is 0 Å². The lowest BCUT2D eigenvalue weighted by Crippen LogP contribution is -2.49. The van der Waals surface area contributed by atoms with E-state index in [1.807, 2.05) is 0 Å². The maximum Gasteiger partial charge on any atom is 0.401 e. The van der Waals surface area contributed by atoms with Crippen LogP contribution >= 0.6 is 0 Å². The summed E-state index contributed by atoms with van der Waals surface area (Å²) in [5, 5.41) is 3.47. The standard InChI is InChI=1S/C16H31F3N2/c1-6-9-15(5,10-20-14(2,3)4)11-21(13-7-8-13)12-16(17,18)19/h13,20H,6-12H2,1-5H3. The zero-order chi connectivity index (χ0) is 16.3. The molecule has 0 aromatic heterocycles. The van der Waals surface area contributed by atoms with Crippen molar-refractivity contribution in [1.29, 1.82) is 0 Å². The van der Waals surface area contributed by atoms with Crippen LogP contribution in [0.2, 0.25) is 0 Å². The second kappa shape index (κ2) is 6.86. The summed E-state index contributed by atoms with van der Waals surface area (Å²) in [6.45, 7) is 11.0. The number of hydrogen-bond acceptors (Lipinski definition) is 2. The summed E-state index contributed by atoms with van der Waals surface area (Å²) in [6.07, 6.45) is -0.354. The molecule has 0 bridgehead atoms. The van der Waals surface area contributed by atoms with Gasteiger partial charge in [0.2, 0.25) is 0 Å². The fraction of sp³-hybridized carbons (Fsp3) is 1.00. The molecule has 0 heterocycles. The van der Waals surface area contributed by atoms with Gasteiger partial charge in [-0.1, -0.05) is 20.3 Å². The average molecular weight is 308 g/mol. The Morgan fingerprint density at radius 3 is 2.00 bits per heavy atom. The van der Waals surface area contributed by atoms with Crippen LogP contribution in [0.4, 0.5) is 13.2 Å². The molecule has 1 N–H and O–H groups in total. The number of rotatable bonds is 8. The molecular formula is C16H31F3N2. The van der Waals surface area contributed by atoms with Gasteiger partial charge in [-0.15, -0.1) is 0 Å². The van der Waals surface area contributed by atoms with Gasteiger partial charge in [0.1, 0.15) is 0 Å². The van der Waals surface area contributed by atoms with Crippen LogP contribution in [0, 0.1) is 5.41 Å². The van der Waals surface area contributed by atoms with Gasteiger partial charge in [-0.25, -0.2) is 0 Å². The Morgan fingerprint density at radius 1 is 1.05 bits per heavy atom. The first-order valence-electron chi connectivity index (χ1n) is 8.00. The molecule has 0 aromatic carbocycles. The van der Waals surface area contributed by atoms with E-state index >= 15 is 0 Å². The van der Waals surface area contributed by atoms with Crippen molar-refractivity contribution in [2.75, 3.05) is 19.6 Å². The van der Waals surface area contributed by atoms with Gasteiger partial charge in [0.15, 0.2) is 0 Å². The smallest absolute Gasteiger partial charge is 0.311 e. The molecule has 0 radical (unpaired) electrons. The van der Waals surface area contributed by atoms with Crippen LogP contribution in [0.1, 0.15) is 60.3 Å². The lowest BCUT2D eigenvalue weighted by Gasteiger charge is -2.38. The monoisotopic (exact) mass is 308 g/mol. The van der Waals surface area contributed by atoms with Gasteiger partial charge in [0, 0.05) is 24.7 Å². The van der Waals surface area contributed by atoms with Crippen LogP contribution in [0.3, 0.4) is 0 Å². The Kier molecular flexibility index (Phi) is 6.13. The van der Waals surface area contributed by atoms with Crippen molar-refractivity contribution in [1.82, 2.24) is 10.2 Å². The van der Waals surface area contributed by atoms with Crippen molar-refractivity contribution in [3.05, 3.63) is 0 Å². The Bertz CT molecular complexity index is 318. The van der Waals surface area contributed by atoms with Crippen LogP contribution in [0.15, 0.2) is 0 Å². The highest BCUT2D eigenvalue weighted by Crippen LogP contribution is 2.34. The van der Waals surface area contributed by atoms with Crippen molar-refractivity contribution >= 4 is 0 Å². The minimum Gasteiger partial charge on any atom is -0.311 e. The maximum absolute atomic E-state index is 12.8. The molecule has 0 aromatic rings. The number of nitrogens with zero attached hydrogens (tertiary/aromatic N) is 1. The Balaban J connectivity index is 2.68. The number of nitrogens with one attached hydrogen (secondary N) is 1. The molecule has 1 fully saturated rings. The van der Waals surface area contributed by atoms with Gasteiger partial charge in [0.25, 0.3) is 0 Å². The van der Waals surface area contributed by atoms with Gasteiger partial charge < -0.3 is 5.32 Å². The molecule has 126 valence electrons. The van der Waals surface area contributed by atoms with E-state index < -0.39 is 12.7 Å². The molecule has 0 spiro atoms. The van der Waals surface area contributed by atoms with Gasteiger partial charge in [-0.3, -0.25) is 4.90 Å². The lowest BCUT2D eigenvalue weighted by atomic mass is 9.84. The molecule has 5 heteroatoms. The summed E-state index contributed by atoms with van der Waals surface area (Å²) in [7, 11) is 0. The highest BCUT2D eigenvalue weighted by molar-refractivity contribution is 4.91. The van der Waals surface area contributed by atoms with Gasteiger partial charge in [0.05, 0.1) is 6.54 Å². The van der Waals surface area contributed by atoms with Crippen LogP contribution in [-0.2, 0) is 0 Å². The molecule has 21 heavy (non-hydrogen) atoms. The molecule has 1 unspecified atom stereocenters. The van der Waals surface area contributed by atoms with E-state index in [9.17, 15) is 13.2 Å². The minimum absolute atomic E-state index is 0.0105.